The molecule has 0 aliphatic carbocycles. The minimum atomic E-state index is -1.14. The van der Waals surface area contributed by atoms with Crippen molar-refractivity contribution in [3.8, 4) is 5.75 Å². The summed E-state index contributed by atoms with van der Waals surface area (Å²) in [5.41, 5.74) is 0.231. The van der Waals surface area contributed by atoms with Crippen molar-refractivity contribution >= 4 is 57.1 Å². The van der Waals surface area contributed by atoms with Crippen LogP contribution in [0.4, 0.5) is 0 Å². The molecule has 1 aliphatic rings. The topological polar surface area (TPSA) is 95.9 Å². The Hall–Kier alpha value is -2.52. The largest absolute Gasteiger partial charge is 0.481 e. The first-order valence-electron chi connectivity index (χ1n) is 6.97. The van der Waals surface area contributed by atoms with Crippen LogP contribution in [0.25, 0.3) is 6.08 Å². The number of rotatable bonds is 6. The van der Waals surface area contributed by atoms with Crippen molar-refractivity contribution in [1.82, 2.24) is 10.2 Å². The lowest BCUT2D eigenvalue weighted by molar-refractivity contribution is -0.139. The monoisotopic (exact) mass is 424 g/mol. The summed E-state index contributed by atoms with van der Waals surface area (Å²) in [4.78, 5) is 36.6. The molecule has 1 aromatic rings. The predicted octanol–water partition coefficient (Wildman–Crippen LogP) is 1.73. The number of thiocarbonyl (C=S) groups is 1. The molecule has 7 nitrogen and oxygen atoms in total. The van der Waals surface area contributed by atoms with E-state index >= 15 is 0 Å². The number of amides is 2. The van der Waals surface area contributed by atoms with E-state index in [4.69, 9.17) is 22.1 Å². The second-order valence-electron chi connectivity index (χ2n) is 4.89. The average molecular weight is 425 g/mol. The molecule has 1 aromatic carbocycles. The number of ether oxygens (including phenoxy) is 1. The maximum atomic E-state index is 12.5. The fourth-order valence-corrected chi connectivity index (χ4v) is 2.68. The molecule has 0 aromatic heterocycles. The summed E-state index contributed by atoms with van der Waals surface area (Å²) in [6.07, 6.45) is 2.82. The number of nitrogens with one attached hydrogen (secondary N) is 1. The van der Waals surface area contributed by atoms with Crippen molar-refractivity contribution < 1.29 is 24.2 Å². The first kappa shape index (κ1) is 18.8. The molecule has 1 aliphatic heterocycles. The quantitative estimate of drug-likeness (QED) is 0.312. The summed E-state index contributed by atoms with van der Waals surface area (Å²) in [5, 5.41) is 11.2. The van der Waals surface area contributed by atoms with Gasteiger partial charge >= 0.3 is 5.97 Å². The molecule has 0 atom stereocenters. The Kier molecular flexibility index (Phi) is 6.05. The Morgan fingerprint density at radius 2 is 2.16 bits per heavy atom. The summed E-state index contributed by atoms with van der Waals surface area (Å²) in [6, 6.07) is 4.80. The van der Waals surface area contributed by atoms with Crippen molar-refractivity contribution in [2.24, 2.45) is 0 Å². The van der Waals surface area contributed by atoms with Crippen molar-refractivity contribution in [3.05, 3.63) is 46.5 Å². The standard InChI is InChI=1S/C16H13BrN2O5S/c1-2-5-19-15(23)11(14(22)18-16(19)25)7-9-6-10(17)3-4-12(9)24-8-13(20)21/h2-4,6-7H,1,5,8H2,(H,20,21)(H,18,22,25)/b11-7+. The molecule has 1 fully saturated rings. The van der Waals surface area contributed by atoms with Gasteiger partial charge in [0.1, 0.15) is 11.3 Å². The van der Waals surface area contributed by atoms with Gasteiger partial charge in [0.25, 0.3) is 11.8 Å². The summed E-state index contributed by atoms with van der Waals surface area (Å²) in [6.45, 7) is 3.15. The highest BCUT2D eigenvalue weighted by Crippen LogP contribution is 2.26. The lowest BCUT2D eigenvalue weighted by Gasteiger charge is -2.27. The fraction of sp³-hybridized carbons (Fsp3) is 0.125. The van der Waals surface area contributed by atoms with E-state index < -0.39 is 24.4 Å². The predicted molar refractivity (Wildman–Crippen MR) is 97.9 cm³/mol. The molecular formula is C16H13BrN2O5S. The minimum Gasteiger partial charge on any atom is -0.481 e. The van der Waals surface area contributed by atoms with Gasteiger partial charge in [-0.1, -0.05) is 22.0 Å². The maximum absolute atomic E-state index is 12.5. The highest BCUT2D eigenvalue weighted by molar-refractivity contribution is 9.10. The van der Waals surface area contributed by atoms with E-state index in [-0.39, 0.29) is 23.0 Å². The van der Waals surface area contributed by atoms with Gasteiger partial charge in [-0.25, -0.2) is 4.79 Å². The molecule has 0 saturated carbocycles. The van der Waals surface area contributed by atoms with Crippen LogP contribution in [0.3, 0.4) is 0 Å². The van der Waals surface area contributed by atoms with Gasteiger partial charge in [0.05, 0.1) is 0 Å². The van der Waals surface area contributed by atoms with Crippen molar-refractivity contribution in [3.63, 3.8) is 0 Å². The van der Waals surface area contributed by atoms with E-state index in [1.165, 1.54) is 23.1 Å². The lowest BCUT2D eigenvalue weighted by Crippen LogP contribution is -2.53. The van der Waals surface area contributed by atoms with Gasteiger partial charge in [0, 0.05) is 16.6 Å². The molecule has 0 radical (unpaired) electrons. The number of hydrogen-bond donors (Lipinski definition) is 2. The van der Waals surface area contributed by atoms with E-state index in [0.29, 0.717) is 10.0 Å². The van der Waals surface area contributed by atoms with E-state index in [0.717, 1.165) is 0 Å². The third-order valence-corrected chi connectivity index (χ3v) is 3.94. The Bertz CT molecular complexity index is 806. The van der Waals surface area contributed by atoms with Gasteiger partial charge in [-0.3, -0.25) is 19.8 Å². The lowest BCUT2D eigenvalue weighted by atomic mass is 10.1. The zero-order valence-corrected chi connectivity index (χ0v) is 15.2. The van der Waals surface area contributed by atoms with Gasteiger partial charge < -0.3 is 9.84 Å². The molecular weight excluding hydrogens is 412 g/mol. The summed E-state index contributed by atoms with van der Waals surface area (Å²) >= 11 is 8.27. The normalized spacial score (nSPS) is 16.0. The van der Waals surface area contributed by atoms with Gasteiger partial charge in [-0.15, -0.1) is 6.58 Å². The highest BCUT2D eigenvalue weighted by Gasteiger charge is 2.32. The SMILES string of the molecule is C=CCN1C(=O)/C(=C/c2cc(Br)ccc2OCC(=O)O)C(=O)NC1=S. The molecule has 0 spiro atoms. The minimum absolute atomic E-state index is 0.00337. The number of benzene rings is 1. The van der Waals surface area contributed by atoms with Crippen molar-refractivity contribution in [2.45, 2.75) is 0 Å². The molecule has 2 amide bonds. The molecule has 9 heteroatoms. The van der Waals surface area contributed by atoms with Crippen LogP contribution in [-0.4, -0.2) is 46.1 Å². The number of carbonyl (C=O) groups excluding carboxylic acids is 2. The first-order valence-corrected chi connectivity index (χ1v) is 8.17. The zero-order valence-electron chi connectivity index (χ0n) is 12.8. The summed E-state index contributed by atoms with van der Waals surface area (Å²) in [7, 11) is 0. The summed E-state index contributed by atoms with van der Waals surface area (Å²) in [5.74, 6) is -2.13. The Morgan fingerprint density at radius 3 is 2.80 bits per heavy atom. The van der Waals surface area contributed by atoms with Crippen LogP contribution in [0.5, 0.6) is 5.75 Å². The number of aliphatic carboxylic acids is 1. The second-order valence-corrected chi connectivity index (χ2v) is 6.19. The molecule has 1 saturated heterocycles. The Balaban J connectivity index is 2.43. The van der Waals surface area contributed by atoms with Gasteiger partial charge in [0.15, 0.2) is 11.7 Å². The Labute approximate surface area is 157 Å². The van der Waals surface area contributed by atoms with E-state index in [1.54, 1.807) is 12.1 Å². The molecule has 0 unspecified atom stereocenters. The van der Waals surface area contributed by atoms with Crippen LogP contribution < -0.4 is 10.1 Å². The fourth-order valence-electron chi connectivity index (χ4n) is 2.05. The van der Waals surface area contributed by atoms with Crippen LogP contribution >= 0.6 is 28.1 Å². The number of halogens is 1. The van der Waals surface area contributed by atoms with Crippen molar-refractivity contribution in [2.75, 3.05) is 13.2 Å². The smallest absolute Gasteiger partial charge is 0.341 e. The third kappa shape index (κ3) is 4.52. The first-order chi connectivity index (χ1) is 11.8. The van der Waals surface area contributed by atoms with E-state index in [2.05, 4.69) is 27.8 Å². The number of carboxylic acids is 1. The van der Waals surface area contributed by atoms with Crippen molar-refractivity contribution in [1.29, 1.82) is 0 Å². The number of carboxylic acid groups (broad SMARTS) is 1. The molecule has 2 N–H and O–H groups in total. The molecule has 25 heavy (non-hydrogen) atoms. The number of nitrogens with zero attached hydrogens (tertiary/aromatic N) is 1. The average Bonchev–Trinajstić information content (AvgIpc) is 2.54. The number of carbonyl (C=O) groups is 3. The second kappa shape index (κ2) is 8.04. The van der Waals surface area contributed by atoms with Crippen LogP contribution in [0.2, 0.25) is 0 Å². The maximum Gasteiger partial charge on any atom is 0.341 e. The van der Waals surface area contributed by atoms with Crippen LogP contribution in [0.1, 0.15) is 5.56 Å². The van der Waals surface area contributed by atoms with Crippen LogP contribution in [0.15, 0.2) is 40.9 Å². The molecule has 1 heterocycles. The van der Waals surface area contributed by atoms with Gasteiger partial charge in [0.2, 0.25) is 0 Å². The summed E-state index contributed by atoms with van der Waals surface area (Å²) < 4.78 is 5.87. The molecule has 130 valence electrons. The molecule has 0 bridgehead atoms. The van der Waals surface area contributed by atoms with Gasteiger partial charge in [-0.2, -0.15) is 0 Å². The third-order valence-electron chi connectivity index (χ3n) is 3.12. The van der Waals surface area contributed by atoms with E-state index in [9.17, 15) is 14.4 Å². The van der Waals surface area contributed by atoms with Gasteiger partial charge in [-0.05, 0) is 36.5 Å². The van der Waals surface area contributed by atoms with E-state index in [1.807, 2.05) is 0 Å². The van der Waals surface area contributed by atoms with Crippen LogP contribution in [-0.2, 0) is 14.4 Å². The Morgan fingerprint density at radius 1 is 1.44 bits per heavy atom. The number of hydrogen-bond acceptors (Lipinski definition) is 5. The highest BCUT2D eigenvalue weighted by atomic mass is 79.9. The van der Waals surface area contributed by atoms with Crippen LogP contribution in [0, 0.1) is 0 Å². The zero-order chi connectivity index (χ0) is 18.6. The molecule has 2 rings (SSSR count).